The smallest absolute Gasteiger partial charge is 0.408 e. The van der Waals surface area contributed by atoms with Gasteiger partial charge in [-0.2, -0.15) is 0 Å². The second-order valence-electron chi connectivity index (χ2n) is 2.96. The van der Waals surface area contributed by atoms with Crippen molar-refractivity contribution in [2.45, 2.75) is 45.0 Å². The van der Waals surface area contributed by atoms with E-state index in [-0.39, 0.29) is 5.50 Å². The van der Waals surface area contributed by atoms with Crippen molar-refractivity contribution in [1.29, 1.82) is 0 Å². The summed E-state index contributed by atoms with van der Waals surface area (Å²) in [6.07, 6.45) is 3.99. The van der Waals surface area contributed by atoms with Crippen molar-refractivity contribution in [2.75, 3.05) is 6.61 Å². The molecule has 0 aliphatic carbocycles. The minimum absolute atomic E-state index is 0.372. The van der Waals surface area contributed by atoms with E-state index in [4.69, 9.17) is 16.3 Å². The van der Waals surface area contributed by atoms with Gasteiger partial charge in [-0.05, 0) is 13.3 Å². The van der Waals surface area contributed by atoms with Crippen LogP contribution in [0.4, 0.5) is 4.79 Å². The molecule has 0 aromatic rings. The topological polar surface area (TPSA) is 38.3 Å². The first kappa shape index (κ1) is 12.6. The summed E-state index contributed by atoms with van der Waals surface area (Å²) in [5.74, 6) is 0. The van der Waals surface area contributed by atoms with Gasteiger partial charge in [0.05, 0.1) is 6.61 Å². The van der Waals surface area contributed by atoms with Crippen LogP contribution in [0.1, 0.15) is 39.5 Å². The van der Waals surface area contributed by atoms with E-state index >= 15 is 0 Å². The van der Waals surface area contributed by atoms with Crippen LogP contribution in [0.25, 0.3) is 0 Å². The molecule has 0 aliphatic heterocycles. The summed E-state index contributed by atoms with van der Waals surface area (Å²) in [6.45, 7) is 4.30. The molecule has 0 aliphatic rings. The predicted octanol–water partition coefficient (Wildman–Crippen LogP) is 2.88. The molecule has 0 aromatic heterocycles. The molecule has 1 N–H and O–H groups in total. The Labute approximate surface area is 84.8 Å². The number of amides is 1. The summed E-state index contributed by atoms with van der Waals surface area (Å²) in [7, 11) is 0. The standard InChI is InChI=1S/C9H18ClNO2/c1-3-4-5-6-7-13-9(12)11-8(2)10/h8H,3-7H2,1-2H3,(H,11,12). The largest absolute Gasteiger partial charge is 0.450 e. The zero-order valence-electron chi connectivity index (χ0n) is 8.31. The number of nitrogens with one attached hydrogen (secondary N) is 1. The van der Waals surface area contributed by atoms with E-state index in [1.54, 1.807) is 6.92 Å². The summed E-state index contributed by atoms with van der Waals surface area (Å²) < 4.78 is 4.86. The molecule has 1 unspecified atom stereocenters. The van der Waals surface area contributed by atoms with Crippen LogP contribution in [0.2, 0.25) is 0 Å². The van der Waals surface area contributed by atoms with Gasteiger partial charge in [-0.25, -0.2) is 4.79 Å². The maximum Gasteiger partial charge on any atom is 0.408 e. The van der Waals surface area contributed by atoms with E-state index in [1.807, 2.05) is 0 Å². The molecule has 0 bridgehead atoms. The van der Waals surface area contributed by atoms with E-state index in [0.717, 1.165) is 12.8 Å². The molecule has 0 heterocycles. The number of carbonyl (C=O) groups is 1. The van der Waals surface area contributed by atoms with Crippen molar-refractivity contribution in [3.63, 3.8) is 0 Å². The predicted molar refractivity (Wildman–Crippen MR) is 53.9 cm³/mol. The van der Waals surface area contributed by atoms with Gasteiger partial charge >= 0.3 is 6.09 Å². The van der Waals surface area contributed by atoms with Gasteiger partial charge in [-0.1, -0.05) is 37.8 Å². The fourth-order valence-corrected chi connectivity index (χ4v) is 0.987. The van der Waals surface area contributed by atoms with Crippen LogP contribution < -0.4 is 5.32 Å². The third kappa shape index (κ3) is 9.47. The maximum absolute atomic E-state index is 10.9. The first-order valence-corrected chi connectivity index (χ1v) is 5.17. The summed E-state index contributed by atoms with van der Waals surface area (Å²) in [5, 5.41) is 2.44. The Balaban J connectivity index is 3.17. The Hall–Kier alpha value is -0.440. The summed E-state index contributed by atoms with van der Waals surface area (Å²) in [6, 6.07) is 0. The number of rotatable bonds is 6. The van der Waals surface area contributed by atoms with Crippen molar-refractivity contribution >= 4 is 17.7 Å². The molecule has 0 radical (unpaired) electrons. The first-order chi connectivity index (χ1) is 6.16. The Bertz CT molecular complexity index is 140. The number of ether oxygens (including phenoxy) is 1. The molecule has 4 heteroatoms. The molecule has 0 aromatic carbocycles. The zero-order chi connectivity index (χ0) is 10.1. The molecule has 3 nitrogen and oxygen atoms in total. The maximum atomic E-state index is 10.9. The lowest BCUT2D eigenvalue weighted by Gasteiger charge is -2.07. The number of alkyl carbamates (subject to hydrolysis) is 1. The summed E-state index contributed by atoms with van der Waals surface area (Å²) in [5.41, 5.74) is -0.372. The summed E-state index contributed by atoms with van der Waals surface area (Å²) in [4.78, 5) is 10.9. The normalized spacial score (nSPS) is 12.2. The third-order valence-electron chi connectivity index (χ3n) is 1.55. The van der Waals surface area contributed by atoms with E-state index in [0.29, 0.717) is 6.61 Å². The third-order valence-corrected chi connectivity index (χ3v) is 1.66. The molecule has 1 amide bonds. The molecule has 1 atom stereocenters. The van der Waals surface area contributed by atoms with Gasteiger partial charge in [0.1, 0.15) is 5.50 Å². The number of alkyl halides is 1. The number of unbranched alkanes of at least 4 members (excludes halogenated alkanes) is 3. The van der Waals surface area contributed by atoms with Gasteiger partial charge in [0.25, 0.3) is 0 Å². The minimum Gasteiger partial charge on any atom is -0.450 e. The number of hydrogen-bond acceptors (Lipinski definition) is 2. The van der Waals surface area contributed by atoms with Crippen molar-refractivity contribution in [1.82, 2.24) is 5.32 Å². The highest BCUT2D eigenvalue weighted by Gasteiger charge is 2.03. The van der Waals surface area contributed by atoms with Gasteiger partial charge in [0.2, 0.25) is 0 Å². The lowest BCUT2D eigenvalue weighted by Crippen LogP contribution is -2.29. The molecule has 78 valence electrons. The van der Waals surface area contributed by atoms with Crippen LogP contribution in [0.3, 0.4) is 0 Å². The van der Waals surface area contributed by atoms with Gasteiger partial charge in [0, 0.05) is 0 Å². The SMILES string of the molecule is CCCCCCOC(=O)NC(C)Cl. The van der Waals surface area contributed by atoms with Crippen LogP contribution in [0, 0.1) is 0 Å². The van der Waals surface area contributed by atoms with E-state index in [1.165, 1.54) is 12.8 Å². The Morgan fingerprint density at radius 3 is 2.69 bits per heavy atom. The molecule has 0 saturated carbocycles. The van der Waals surface area contributed by atoms with Crippen molar-refractivity contribution < 1.29 is 9.53 Å². The highest BCUT2D eigenvalue weighted by Crippen LogP contribution is 1.99. The van der Waals surface area contributed by atoms with Gasteiger partial charge < -0.3 is 10.1 Å². The Morgan fingerprint density at radius 1 is 1.46 bits per heavy atom. The van der Waals surface area contributed by atoms with Crippen LogP contribution in [-0.4, -0.2) is 18.2 Å². The fourth-order valence-electron chi connectivity index (χ4n) is 0.898. The Kier molecular flexibility index (Phi) is 7.90. The van der Waals surface area contributed by atoms with Crippen molar-refractivity contribution in [3.05, 3.63) is 0 Å². The van der Waals surface area contributed by atoms with E-state index in [9.17, 15) is 4.79 Å². The number of hydrogen-bond donors (Lipinski definition) is 1. The molecule has 0 spiro atoms. The molecule has 0 saturated heterocycles. The van der Waals surface area contributed by atoms with Gasteiger partial charge in [0.15, 0.2) is 0 Å². The lowest BCUT2D eigenvalue weighted by atomic mass is 10.2. The number of halogens is 1. The van der Waals surface area contributed by atoms with E-state index < -0.39 is 6.09 Å². The minimum atomic E-state index is -0.431. The molecular weight excluding hydrogens is 190 g/mol. The average Bonchev–Trinajstić information content (AvgIpc) is 2.02. The molecule has 0 fully saturated rings. The van der Waals surface area contributed by atoms with Gasteiger partial charge in [-0.3, -0.25) is 0 Å². The quantitative estimate of drug-likeness (QED) is 0.413. The average molecular weight is 208 g/mol. The number of carbonyl (C=O) groups excluding carboxylic acids is 1. The monoisotopic (exact) mass is 207 g/mol. The van der Waals surface area contributed by atoms with E-state index in [2.05, 4.69) is 12.2 Å². The lowest BCUT2D eigenvalue weighted by molar-refractivity contribution is 0.143. The highest BCUT2D eigenvalue weighted by atomic mass is 35.5. The van der Waals surface area contributed by atoms with Crippen LogP contribution in [0.15, 0.2) is 0 Å². The fraction of sp³-hybridized carbons (Fsp3) is 0.889. The second-order valence-corrected chi connectivity index (χ2v) is 3.61. The summed E-state index contributed by atoms with van der Waals surface area (Å²) >= 11 is 5.52. The van der Waals surface area contributed by atoms with Crippen LogP contribution in [0.5, 0.6) is 0 Å². The molecular formula is C9H18ClNO2. The highest BCUT2D eigenvalue weighted by molar-refractivity contribution is 6.20. The Morgan fingerprint density at radius 2 is 2.15 bits per heavy atom. The van der Waals surface area contributed by atoms with Crippen LogP contribution in [-0.2, 0) is 4.74 Å². The van der Waals surface area contributed by atoms with Crippen molar-refractivity contribution in [2.24, 2.45) is 0 Å². The second kappa shape index (κ2) is 8.17. The van der Waals surface area contributed by atoms with Crippen LogP contribution >= 0.6 is 11.6 Å². The molecule has 13 heavy (non-hydrogen) atoms. The molecule has 0 rings (SSSR count). The zero-order valence-corrected chi connectivity index (χ0v) is 9.06. The van der Waals surface area contributed by atoms with Crippen molar-refractivity contribution in [3.8, 4) is 0 Å². The van der Waals surface area contributed by atoms with Gasteiger partial charge in [-0.15, -0.1) is 0 Å². The first-order valence-electron chi connectivity index (χ1n) is 4.74.